The van der Waals surface area contributed by atoms with Crippen LogP contribution in [0, 0.1) is 0 Å². The second-order valence-corrected chi connectivity index (χ2v) is 5.41. The Kier molecular flexibility index (Phi) is 5.33. The van der Waals surface area contributed by atoms with E-state index in [1.54, 1.807) is 18.3 Å². The number of hydrogen-bond donors (Lipinski definition) is 1. The van der Waals surface area contributed by atoms with E-state index in [-0.39, 0.29) is 18.0 Å². The van der Waals surface area contributed by atoms with E-state index in [1.807, 2.05) is 16.7 Å². The van der Waals surface area contributed by atoms with E-state index in [4.69, 9.17) is 5.73 Å². The van der Waals surface area contributed by atoms with Crippen LogP contribution in [0.25, 0.3) is 11.0 Å². The van der Waals surface area contributed by atoms with Crippen molar-refractivity contribution in [2.45, 2.75) is 25.4 Å². The zero-order chi connectivity index (χ0) is 13.9. The molecule has 3 rings (SSSR count). The lowest BCUT2D eigenvalue weighted by atomic mass is 10.1. The highest BCUT2D eigenvalue weighted by atomic mass is 35.5. The summed E-state index contributed by atoms with van der Waals surface area (Å²) in [5.74, 6) is 0. The van der Waals surface area contributed by atoms with E-state index in [9.17, 15) is 4.79 Å². The average molecular weight is 309 g/mol. The lowest BCUT2D eigenvalue weighted by Gasteiger charge is -2.30. The Balaban J connectivity index is 0.00000161. The molecule has 0 spiro atoms. The summed E-state index contributed by atoms with van der Waals surface area (Å²) in [7, 11) is 0. The fourth-order valence-corrected chi connectivity index (χ4v) is 2.77. The van der Waals surface area contributed by atoms with Crippen molar-refractivity contribution in [3.05, 3.63) is 40.8 Å². The highest BCUT2D eigenvalue weighted by Gasteiger charge is 2.15. The summed E-state index contributed by atoms with van der Waals surface area (Å²) < 4.78 is 1.82. The van der Waals surface area contributed by atoms with Gasteiger partial charge in [0.1, 0.15) is 0 Å². The number of piperidine rings is 1. The predicted molar refractivity (Wildman–Crippen MR) is 86.9 cm³/mol. The van der Waals surface area contributed by atoms with E-state index in [1.165, 1.54) is 0 Å². The Hall–Kier alpha value is -1.43. The van der Waals surface area contributed by atoms with Gasteiger partial charge in [0.2, 0.25) is 0 Å². The van der Waals surface area contributed by atoms with Crippen LogP contribution >= 0.6 is 12.4 Å². The molecule has 0 bridgehead atoms. The van der Waals surface area contributed by atoms with Crippen LogP contribution in [0.4, 0.5) is 0 Å². The van der Waals surface area contributed by atoms with Crippen LogP contribution in [-0.4, -0.2) is 40.1 Å². The minimum atomic E-state index is 0. The third-order valence-corrected chi connectivity index (χ3v) is 4.03. The topological polar surface area (TPSA) is 64.2 Å². The van der Waals surface area contributed by atoms with Crippen LogP contribution in [0.3, 0.4) is 0 Å². The van der Waals surface area contributed by atoms with Gasteiger partial charge >= 0.3 is 0 Å². The van der Waals surface area contributed by atoms with Crippen molar-refractivity contribution in [1.82, 2.24) is 14.5 Å². The molecule has 0 unspecified atom stereocenters. The number of likely N-dealkylation sites (tertiary alicyclic amines) is 1. The molecule has 5 nitrogen and oxygen atoms in total. The molecule has 1 saturated heterocycles. The standard InChI is InChI=1S/C15H20N4O.ClH/c16-12-5-8-18(9-6-12)10-11-19-14-2-1-7-17-13(14)3-4-15(19)20;/h1-4,7,12H,5-6,8-11,16H2;1H. The molecule has 2 aromatic rings. The number of pyridine rings is 2. The molecule has 2 N–H and O–H groups in total. The van der Waals surface area contributed by atoms with Gasteiger partial charge in [-0.05, 0) is 44.1 Å². The van der Waals surface area contributed by atoms with Crippen molar-refractivity contribution in [2.24, 2.45) is 5.73 Å². The molecule has 114 valence electrons. The van der Waals surface area contributed by atoms with Gasteiger partial charge in [-0.3, -0.25) is 9.78 Å². The maximum atomic E-state index is 12.1. The molecule has 0 aromatic carbocycles. The van der Waals surface area contributed by atoms with Crippen molar-refractivity contribution in [3.8, 4) is 0 Å². The highest BCUT2D eigenvalue weighted by molar-refractivity contribution is 5.85. The molecule has 0 aliphatic carbocycles. The monoisotopic (exact) mass is 308 g/mol. The summed E-state index contributed by atoms with van der Waals surface area (Å²) in [6.45, 7) is 3.65. The number of aromatic nitrogens is 2. The quantitative estimate of drug-likeness (QED) is 0.926. The summed E-state index contributed by atoms with van der Waals surface area (Å²) in [6, 6.07) is 7.56. The van der Waals surface area contributed by atoms with Crippen LogP contribution in [0.2, 0.25) is 0 Å². The molecule has 0 atom stereocenters. The number of nitrogens with two attached hydrogens (primary N) is 1. The molecule has 0 saturated carbocycles. The van der Waals surface area contributed by atoms with Crippen molar-refractivity contribution < 1.29 is 0 Å². The molecular weight excluding hydrogens is 288 g/mol. The van der Waals surface area contributed by atoms with Gasteiger partial charge in [0.05, 0.1) is 11.0 Å². The van der Waals surface area contributed by atoms with Crippen molar-refractivity contribution in [3.63, 3.8) is 0 Å². The SMILES string of the molecule is Cl.NC1CCN(CCn2c(=O)ccc3ncccc32)CC1. The molecule has 1 aliphatic rings. The number of rotatable bonds is 3. The number of nitrogens with zero attached hydrogens (tertiary/aromatic N) is 3. The summed E-state index contributed by atoms with van der Waals surface area (Å²) in [4.78, 5) is 18.7. The highest BCUT2D eigenvalue weighted by Crippen LogP contribution is 2.10. The lowest BCUT2D eigenvalue weighted by Crippen LogP contribution is -2.41. The Bertz CT molecular complexity index is 649. The first-order valence-corrected chi connectivity index (χ1v) is 7.16. The molecule has 21 heavy (non-hydrogen) atoms. The summed E-state index contributed by atoms with van der Waals surface area (Å²) in [5.41, 5.74) is 7.73. The molecule has 1 aliphatic heterocycles. The lowest BCUT2D eigenvalue weighted by molar-refractivity contribution is 0.206. The molecule has 3 heterocycles. The third-order valence-electron chi connectivity index (χ3n) is 4.03. The zero-order valence-corrected chi connectivity index (χ0v) is 12.8. The van der Waals surface area contributed by atoms with E-state index in [0.29, 0.717) is 12.6 Å². The Morgan fingerprint density at radius 1 is 1.19 bits per heavy atom. The zero-order valence-electron chi connectivity index (χ0n) is 11.9. The van der Waals surface area contributed by atoms with Gasteiger partial charge in [0.25, 0.3) is 5.56 Å². The van der Waals surface area contributed by atoms with Gasteiger partial charge in [-0.1, -0.05) is 0 Å². The minimum Gasteiger partial charge on any atom is -0.328 e. The second kappa shape index (κ2) is 7.02. The molecule has 0 amide bonds. The summed E-state index contributed by atoms with van der Waals surface area (Å²) in [6.07, 6.45) is 3.85. The summed E-state index contributed by atoms with van der Waals surface area (Å²) >= 11 is 0. The van der Waals surface area contributed by atoms with Gasteiger partial charge in [0, 0.05) is 31.4 Å². The Labute approximate surface area is 130 Å². The maximum Gasteiger partial charge on any atom is 0.251 e. The van der Waals surface area contributed by atoms with Crippen LogP contribution in [0.1, 0.15) is 12.8 Å². The van der Waals surface area contributed by atoms with Crippen LogP contribution < -0.4 is 11.3 Å². The third kappa shape index (κ3) is 3.61. The first kappa shape index (κ1) is 15.9. The van der Waals surface area contributed by atoms with Crippen LogP contribution in [0.15, 0.2) is 35.3 Å². The van der Waals surface area contributed by atoms with Gasteiger partial charge < -0.3 is 15.2 Å². The minimum absolute atomic E-state index is 0. The average Bonchev–Trinajstić information content (AvgIpc) is 2.48. The first-order valence-electron chi connectivity index (χ1n) is 7.16. The number of halogens is 1. The predicted octanol–water partition coefficient (Wildman–Crippen LogP) is 1.24. The Morgan fingerprint density at radius 3 is 2.71 bits per heavy atom. The van der Waals surface area contributed by atoms with Gasteiger partial charge in [0.15, 0.2) is 0 Å². The molecule has 1 fully saturated rings. The summed E-state index contributed by atoms with van der Waals surface area (Å²) in [5, 5.41) is 0. The van der Waals surface area contributed by atoms with Crippen molar-refractivity contribution in [1.29, 1.82) is 0 Å². The van der Waals surface area contributed by atoms with Gasteiger partial charge in [-0.15, -0.1) is 12.4 Å². The van der Waals surface area contributed by atoms with E-state index >= 15 is 0 Å². The van der Waals surface area contributed by atoms with Crippen molar-refractivity contribution >= 4 is 23.4 Å². The first-order chi connectivity index (χ1) is 9.74. The van der Waals surface area contributed by atoms with E-state index in [0.717, 1.165) is 43.5 Å². The van der Waals surface area contributed by atoms with Gasteiger partial charge in [-0.25, -0.2) is 0 Å². The second-order valence-electron chi connectivity index (χ2n) is 5.41. The van der Waals surface area contributed by atoms with Crippen LogP contribution in [0.5, 0.6) is 0 Å². The fourth-order valence-electron chi connectivity index (χ4n) is 2.77. The number of hydrogen-bond acceptors (Lipinski definition) is 4. The molecule has 6 heteroatoms. The fraction of sp³-hybridized carbons (Fsp3) is 0.467. The maximum absolute atomic E-state index is 12.1. The van der Waals surface area contributed by atoms with Crippen LogP contribution in [-0.2, 0) is 6.54 Å². The largest absolute Gasteiger partial charge is 0.328 e. The van der Waals surface area contributed by atoms with Gasteiger partial charge in [-0.2, -0.15) is 0 Å². The normalized spacial score (nSPS) is 16.8. The Morgan fingerprint density at radius 2 is 1.95 bits per heavy atom. The van der Waals surface area contributed by atoms with Crippen molar-refractivity contribution in [2.75, 3.05) is 19.6 Å². The van der Waals surface area contributed by atoms with E-state index in [2.05, 4.69) is 9.88 Å². The smallest absolute Gasteiger partial charge is 0.251 e. The van der Waals surface area contributed by atoms with E-state index < -0.39 is 0 Å². The molecular formula is C15H21ClN4O. The number of fused-ring (bicyclic) bond motifs is 1. The molecule has 0 radical (unpaired) electrons. The molecule has 2 aromatic heterocycles.